The van der Waals surface area contributed by atoms with Crippen molar-refractivity contribution in [3.8, 4) is 0 Å². The third-order valence-corrected chi connectivity index (χ3v) is 2.41. The van der Waals surface area contributed by atoms with Crippen molar-refractivity contribution in [3.63, 3.8) is 0 Å². The Morgan fingerprint density at radius 3 is 2.38 bits per heavy atom. The van der Waals surface area contributed by atoms with Crippen molar-refractivity contribution in [1.82, 2.24) is 10.2 Å². The molecule has 0 aliphatic rings. The average Bonchev–Trinajstić information content (AvgIpc) is 2.11. The minimum Gasteiger partial charge on any atom is -0.351 e. The molecule has 0 bridgehead atoms. The van der Waals surface area contributed by atoms with E-state index in [1.165, 1.54) is 0 Å². The Bertz CT molecular complexity index is 211. The molecule has 0 aromatic carbocycles. The highest BCUT2D eigenvalue weighted by atomic mass is 16.1. The normalized spacial score (nSPS) is 13.9. The lowest BCUT2D eigenvalue weighted by Gasteiger charge is -2.28. The fourth-order valence-corrected chi connectivity index (χ4v) is 1.64. The van der Waals surface area contributed by atoms with Crippen LogP contribution in [0.3, 0.4) is 0 Å². The summed E-state index contributed by atoms with van der Waals surface area (Å²) in [6, 6.07) is 0.141. The second kappa shape index (κ2) is 6.86. The smallest absolute Gasteiger partial charge is 0.222 e. The summed E-state index contributed by atoms with van der Waals surface area (Å²) in [5, 5.41) is 2.96. The Morgan fingerprint density at radius 2 is 2.00 bits per heavy atom. The number of carbonyl (C=O) groups excluding carboxylic acids is 1. The molecule has 1 atom stereocenters. The number of carbonyl (C=O) groups is 1. The van der Waals surface area contributed by atoms with E-state index in [2.05, 4.69) is 17.1 Å². The molecule has 0 aromatic heterocycles. The van der Waals surface area contributed by atoms with E-state index in [9.17, 15) is 4.79 Å². The van der Waals surface area contributed by atoms with Gasteiger partial charge < -0.3 is 16.0 Å². The summed E-state index contributed by atoms with van der Waals surface area (Å²) in [4.78, 5) is 13.9. The standard InChI is InChI=1S/C12H27N3O/c1-6-7-15(5)10(9-13)8-11(16)14-12(2,3)4/h10H,6-9,13H2,1-5H3,(H,14,16). The minimum absolute atomic E-state index is 0.0749. The molecule has 3 N–H and O–H groups in total. The van der Waals surface area contributed by atoms with Gasteiger partial charge >= 0.3 is 0 Å². The van der Waals surface area contributed by atoms with Gasteiger partial charge in [-0.3, -0.25) is 4.79 Å². The van der Waals surface area contributed by atoms with Crippen molar-refractivity contribution < 1.29 is 4.79 Å². The Balaban J connectivity index is 4.16. The lowest BCUT2D eigenvalue weighted by atomic mass is 10.1. The first-order valence-corrected chi connectivity index (χ1v) is 6.01. The predicted octanol–water partition coefficient (Wildman–Crippen LogP) is 0.960. The number of amides is 1. The Kier molecular flexibility index (Phi) is 6.60. The van der Waals surface area contributed by atoms with E-state index in [0.29, 0.717) is 13.0 Å². The Morgan fingerprint density at radius 1 is 1.44 bits per heavy atom. The second-order valence-corrected chi connectivity index (χ2v) is 5.37. The zero-order valence-corrected chi connectivity index (χ0v) is 11.3. The van der Waals surface area contributed by atoms with E-state index < -0.39 is 0 Å². The number of nitrogens with one attached hydrogen (secondary N) is 1. The Labute approximate surface area is 99.6 Å². The molecule has 0 spiro atoms. The van der Waals surface area contributed by atoms with Crippen LogP contribution in [0.15, 0.2) is 0 Å². The van der Waals surface area contributed by atoms with Crippen molar-refractivity contribution in [3.05, 3.63) is 0 Å². The molecular formula is C12H27N3O. The first-order valence-electron chi connectivity index (χ1n) is 6.01. The van der Waals surface area contributed by atoms with Crippen LogP contribution in [-0.2, 0) is 4.79 Å². The molecule has 0 heterocycles. The third-order valence-electron chi connectivity index (χ3n) is 2.41. The SMILES string of the molecule is CCCN(C)C(CN)CC(=O)NC(C)(C)C. The summed E-state index contributed by atoms with van der Waals surface area (Å²) in [5.41, 5.74) is 5.53. The van der Waals surface area contributed by atoms with Gasteiger partial charge in [0.05, 0.1) is 0 Å². The molecule has 0 rings (SSSR count). The molecule has 0 fully saturated rings. The quantitative estimate of drug-likeness (QED) is 0.713. The molecule has 1 amide bonds. The molecule has 0 aliphatic heterocycles. The Hall–Kier alpha value is -0.610. The van der Waals surface area contributed by atoms with Crippen molar-refractivity contribution in [2.75, 3.05) is 20.1 Å². The van der Waals surface area contributed by atoms with Crippen molar-refractivity contribution in [1.29, 1.82) is 0 Å². The van der Waals surface area contributed by atoms with Gasteiger partial charge in [0, 0.05) is 24.5 Å². The fourth-order valence-electron chi connectivity index (χ4n) is 1.64. The molecular weight excluding hydrogens is 202 g/mol. The number of rotatable bonds is 6. The summed E-state index contributed by atoms with van der Waals surface area (Å²) >= 11 is 0. The number of hydrogen-bond donors (Lipinski definition) is 2. The summed E-state index contributed by atoms with van der Waals surface area (Å²) in [7, 11) is 2.02. The van der Waals surface area contributed by atoms with Gasteiger partial charge in [0.2, 0.25) is 5.91 Å². The van der Waals surface area contributed by atoms with E-state index >= 15 is 0 Å². The van der Waals surface area contributed by atoms with Crippen LogP contribution in [0.4, 0.5) is 0 Å². The number of likely N-dealkylation sites (N-methyl/N-ethyl adjacent to an activating group) is 1. The molecule has 0 saturated carbocycles. The van der Waals surface area contributed by atoms with Crippen LogP contribution < -0.4 is 11.1 Å². The average molecular weight is 229 g/mol. The molecule has 1 unspecified atom stereocenters. The van der Waals surface area contributed by atoms with Gasteiger partial charge in [-0.1, -0.05) is 6.92 Å². The van der Waals surface area contributed by atoms with Crippen molar-refractivity contribution >= 4 is 5.91 Å². The van der Waals surface area contributed by atoms with Crippen molar-refractivity contribution in [2.24, 2.45) is 5.73 Å². The zero-order chi connectivity index (χ0) is 12.8. The maximum Gasteiger partial charge on any atom is 0.222 e. The first-order chi connectivity index (χ1) is 7.30. The number of nitrogens with two attached hydrogens (primary N) is 1. The molecule has 96 valence electrons. The molecule has 4 heteroatoms. The summed E-state index contributed by atoms with van der Waals surface area (Å²) in [5.74, 6) is 0.0749. The highest BCUT2D eigenvalue weighted by Gasteiger charge is 2.19. The lowest BCUT2D eigenvalue weighted by molar-refractivity contribution is -0.123. The monoisotopic (exact) mass is 229 g/mol. The van der Waals surface area contributed by atoms with Crippen LogP contribution in [0, 0.1) is 0 Å². The maximum atomic E-state index is 11.7. The van der Waals surface area contributed by atoms with Crippen LogP contribution >= 0.6 is 0 Å². The number of hydrogen-bond acceptors (Lipinski definition) is 3. The van der Waals surface area contributed by atoms with E-state index in [1.54, 1.807) is 0 Å². The van der Waals surface area contributed by atoms with Crippen LogP contribution in [0.5, 0.6) is 0 Å². The van der Waals surface area contributed by atoms with Gasteiger partial charge in [0.25, 0.3) is 0 Å². The van der Waals surface area contributed by atoms with Gasteiger partial charge in [-0.2, -0.15) is 0 Å². The minimum atomic E-state index is -0.167. The summed E-state index contributed by atoms with van der Waals surface area (Å²) < 4.78 is 0. The van der Waals surface area contributed by atoms with Crippen LogP contribution in [-0.4, -0.2) is 42.5 Å². The van der Waals surface area contributed by atoms with Crippen LogP contribution in [0.1, 0.15) is 40.5 Å². The summed E-state index contributed by atoms with van der Waals surface area (Å²) in [6.07, 6.45) is 1.55. The molecule has 16 heavy (non-hydrogen) atoms. The predicted molar refractivity (Wildman–Crippen MR) is 68.3 cm³/mol. The molecule has 0 aliphatic carbocycles. The van der Waals surface area contributed by atoms with Crippen LogP contribution in [0.2, 0.25) is 0 Å². The largest absolute Gasteiger partial charge is 0.351 e. The highest BCUT2D eigenvalue weighted by Crippen LogP contribution is 2.04. The topological polar surface area (TPSA) is 58.4 Å². The van der Waals surface area contributed by atoms with Gasteiger partial charge in [0.15, 0.2) is 0 Å². The second-order valence-electron chi connectivity index (χ2n) is 5.37. The third kappa shape index (κ3) is 6.80. The zero-order valence-electron chi connectivity index (χ0n) is 11.3. The molecule has 0 radical (unpaired) electrons. The molecule has 0 aromatic rings. The van der Waals surface area contributed by atoms with Gasteiger partial charge in [-0.25, -0.2) is 0 Å². The van der Waals surface area contributed by atoms with Crippen LogP contribution in [0.25, 0.3) is 0 Å². The molecule has 0 saturated heterocycles. The van der Waals surface area contributed by atoms with E-state index in [0.717, 1.165) is 13.0 Å². The van der Waals surface area contributed by atoms with E-state index in [-0.39, 0.29) is 17.5 Å². The number of nitrogens with zero attached hydrogens (tertiary/aromatic N) is 1. The van der Waals surface area contributed by atoms with Gasteiger partial charge in [-0.15, -0.1) is 0 Å². The highest BCUT2D eigenvalue weighted by molar-refractivity contribution is 5.77. The summed E-state index contributed by atoms with van der Waals surface area (Å²) in [6.45, 7) is 9.58. The van der Waals surface area contributed by atoms with E-state index in [4.69, 9.17) is 5.73 Å². The fraction of sp³-hybridized carbons (Fsp3) is 0.917. The maximum absolute atomic E-state index is 11.7. The van der Waals surface area contributed by atoms with Crippen molar-refractivity contribution in [2.45, 2.75) is 52.1 Å². The van der Waals surface area contributed by atoms with Gasteiger partial charge in [0.1, 0.15) is 0 Å². The molecule has 4 nitrogen and oxygen atoms in total. The lowest BCUT2D eigenvalue weighted by Crippen LogP contribution is -2.46. The van der Waals surface area contributed by atoms with Gasteiger partial charge in [-0.05, 0) is 40.8 Å². The first kappa shape index (κ1) is 15.4. The van der Waals surface area contributed by atoms with E-state index in [1.807, 2.05) is 27.8 Å².